The van der Waals surface area contributed by atoms with Crippen LogP contribution in [0.3, 0.4) is 0 Å². The monoisotopic (exact) mass is 449 g/mol. The molecule has 8 heteroatoms. The maximum absolute atomic E-state index is 12.3. The van der Waals surface area contributed by atoms with Crippen LogP contribution in [0.4, 0.5) is 0 Å². The highest BCUT2D eigenvalue weighted by molar-refractivity contribution is 8.26. The Labute approximate surface area is 184 Å². The summed E-state index contributed by atoms with van der Waals surface area (Å²) in [6.07, 6.45) is 2.43. The van der Waals surface area contributed by atoms with Gasteiger partial charge in [-0.1, -0.05) is 59.8 Å². The minimum Gasteiger partial charge on any atom is -0.493 e. The van der Waals surface area contributed by atoms with E-state index in [1.165, 1.54) is 16.7 Å². The summed E-state index contributed by atoms with van der Waals surface area (Å²) in [7, 11) is 3.25. The normalized spacial score (nSPS) is 15.1. The first kappa shape index (κ1) is 21.5. The second kappa shape index (κ2) is 10.0. The molecule has 1 aliphatic heterocycles. The smallest absolute Gasteiger partial charge is 0.265 e. The first-order valence-corrected chi connectivity index (χ1v) is 10.5. The summed E-state index contributed by atoms with van der Waals surface area (Å²) in [4.78, 5) is 14.3. The lowest BCUT2D eigenvalue weighted by Crippen LogP contribution is -2.22. The summed E-state index contributed by atoms with van der Waals surface area (Å²) < 4.78 is 17.6. The molecule has 1 amide bonds. The van der Waals surface area contributed by atoms with Gasteiger partial charge in [-0.05, 0) is 24.3 Å². The topological polar surface area (TPSA) is 48.0 Å². The molecule has 1 aliphatic rings. The predicted molar refractivity (Wildman–Crippen MR) is 121 cm³/mol. The van der Waals surface area contributed by atoms with E-state index in [1.807, 2.05) is 36.4 Å². The van der Waals surface area contributed by atoms with Crippen molar-refractivity contribution < 1.29 is 19.0 Å². The van der Waals surface area contributed by atoms with Crippen molar-refractivity contribution in [3.05, 3.63) is 58.0 Å². The fourth-order valence-electron chi connectivity index (χ4n) is 2.63. The number of amides is 1. The van der Waals surface area contributed by atoms with Crippen LogP contribution in [0.25, 0.3) is 6.08 Å². The highest BCUT2D eigenvalue weighted by atomic mass is 35.5. The number of carbonyl (C=O) groups is 1. The fraction of sp³-hybridized carbons (Fsp3) is 0.238. The van der Waals surface area contributed by atoms with Crippen LogP contribution < -0.4 is 14.2 Å². The summed E-state index contributed by atoms with van der Waals surface area (Å²) >= 11 is 12.5. The number of carbonyl (C=O) groups excluding carboxylic acids is 1. The second-order valence-corrected chi connectivity index (χ2v) is 8.18. The van der Waals surface area contributed by atoms with Crippen molar-refractivity contribution in [2.24, 2.45) is 0 Å². The molecule has 1 fully saturated rings. The number of benzene rings is 2. The van der Waals surface area contributed by atoms with Crippen molar-refractivity contribution in [3.8, 4) is 17.2 Å². The van der Waals surface area contributed by atoms with Gasteiger partial charge in [-0.25, -0.2) is 0 Å². The summed E-state index contributed by atoms with van der Waals surface area (Å²) in [6, 6.07) is 12.9. The van der Waals surface area contributed by atoms with Crippen molar-refractivity contribution in [2.45, 2.75) is 6.42 Å². The zero-order valence-electron chi connectivity index (χ0n) is 16.0. The first-order chi connectivity index (χ1) is 14.0. The molecule has 0 aliphatic carbocycles. The zero-order chi connectivity index (χ0) is 20.8. The molecule has 1 saturated heterocycles. The molecule has 3 rings (SSSR count). The minimum atomic E-state index is -0.123. The number of ether oxygens (including phenoxy) is 3. The Morgan fingerprint density at radius 1 is 1.10 bits per heavy atom. The van der Waals surface area contributed by atoms with Crippen molar-refractivity contribution in [3.63, 3.8) is 0 Å². The summed E-state index contributed by atoms with van der Waals surface area (Å²) in [5, 5.41) is 0.577. The third-order valence-corrected chi connectivity index (χ3v) is 5.93. The number of halogens is 1. The van der Waals surface area contributed by atoms with Gasteiger partial charge < -0.3 is 14.2 Å². The summed E-state index contributed by atoms with van der Waals surface area (Å²) in [5.41, 5.74) is 0.755. The maximum Gasteiger partial charge on any atom is 0.265 e. The van der Waals surface area contributed by atoms with Crippen molar-refractivity contribution >= 4 is 51.9 Å². The Bertz CT molecular complexity index is 948. The molecule has 0 bridgehead atoms. The third kappa shape index (κ3) is 5.23. The molecular formula is C21H20ClNO4S2. The van der Waals surface area contributed by atoms with Crippen LogP contribution in [0.1, 0.15) is 12.0 Å². The van der Waals surface area contributed by atoms with Crippen LogP contribution in [0, 0.1) is 0 Å². The lowest BCUT2D eigenvalue weighted by Gasteiger charge is -2.14. The van der Waals surface area contributed by atoms with E-state index in [0.29, 0.717) is 51.1 Å². The number of hydrogen-bond acceptors (Lipinski definition) is 6. The molecule has 0 radical (unpaired) electrons. The van der Waals surface area contributed by atoms with Gasteiger partial charge in [0.15, 0.2) is 11.5 Å². The van der Waals surface area contributed by atoms with Gasteiger partial charge in [-0.3, -0.25) is 9.69 Å². The highest BCUT2D eigenvalue weighted by Gasteiger charge is 2.29. The van der Waals surface area contributed by atoms with Crippen molar-refractivity contribution in [1.82, 2.24) is 4.90 Å². The average Bonchev–Trinajstić information content (AvgIpc) is 2.96. The lowest BCUT2D eigenvalue weighted by atomic mass is 10.1. The number of nitrogens with zero attached hydrogens (tertiary/aromatic N) is 1. The fourth-order valence-corrected chi connectivity index (χ4v) is 3.99. The predicted octanol–water partition coefficient (Wildman–Crippen LogP) is 5.03. The maximum atomic E-state index is 12.3. The molecule has 152 valence electrons. The molecule has 1 heterocycles. The Morgan fingerprint density at radius 2 is 1.83 bits per heavy atom. The molecule has 0 atom stereocenters. The second-order valence-electron chi connectivity index (χ2n) is 6.10. The number of para-hydroxylation sites is 2. The number of thioether (sulfide) groups is 1. The number of thiocarbonyl (C=S) groups is 1. The molecule has 0 spiro atoms. The minimum absolute atomic E-state index is 0.123. The van der Waals surface area contributed by atoms with Crippen LogP contribution in [0.2, 0.25) is 5.02 Å². The van der Waals surface area contributed by atoms with E-state index in [2.05, 4.69) is 0 Å². The van der Waals surface area contributed by atoms with Gasteiger partial charge in [0.1, 0.15) is 10.1 Å². The Morgan fingerprint density at radius 3 is 2.52 bits per heavy atom. The summed E-state index contributed by atoms with van der Waals surface area (Å²) in [6.45, 7) is 0.878. The zero-order valence-corrected chi connectivity index (χ0v) is 18.4. The van der Waals surface area contributed by atoms with Crippen LogP contribution in [-0.2, 0) is 4.79 Å². The molecule has 5 nitrogen and oxygen atoms in total. The highest BCUT2D eigenvalue weighted by Crippen LogP contribution is 2.37. The van der Waals surface area contributed by atoms with Gasteiger partial charge in [-0.15, -0.1) is 0 Å². The Balaban J connectivity index is 1.66. The van der Waals surface area contributed by atoms with E-state index in [9.17, 15) is 4.79 Å². The van der Waals surface area contributed by atoms with Crippen LogP contribution in [0.15, 0.2) is 47.4 Å². The molecular weight excluding hydrogens is 430 g/mol. The van der Waals surface area contributed by atoms with Crippen LogP contribution in [0.5, 0.6) is 17.2 Å². The van der Waals surface area contributed by atoms with Crippen LogP contribution in [-0.4, -0.2) is 42.5 Å². The Kier molecular flexibility index (Phi) is 7.41. The first-order valence-electron chi connectivity index (χ1n) is 8.90. The van der Waals surface area contributed by atoms with E-state index >= 15 is 0 Å². The van der Waals surface area contributed by atoms with Gasteiger partial charge in [0.25, 0.3) is 5.91 Å². The molecule has 0 saturated carbocycles. The Hall–Kier alpha value is -2.22. The lowest BCUT2D eigenvalue weighted by molar-refractivity contribution is -0.121. The van der Waals surface area contributed by atoms with Crippen molar-refractivity contribution in [1.29, 1.82) is 0 Å². The van der Waals surface area contributed by atoms with E-state index in [0.717, 1.165) is 5.56 Å². The largest absolute Gasteiger partial charge is 0.493 e. The van der Waals surface area contributed by atoms with E-state index < -0.39 is 0 Å². The number of likely N-dealkylation sites (N-methyl/N-ethyl adjacent to an activating group) is 1. The van der Waals surface area contributed by atoms with Gasteiger partial charge in [0.05, 0.1) is 30.3 Å². The quantitative estimate of drug-likeness (QED) is 0.320. The SMILES string of the molecule is COc1cccc(/C=C2\SC(=S)N(C)C2=O)c1OCCCOc1ccccc1Cl. The number of rotatable bonds is 8. The van der Waals surface area contributed by atoms with Crippen molar-refractivity contribution in [2.75, 3.05) is 27.4 Å². The molecule has 29 heavy (non-hydrogen) atoms. The van der Waals surface area contributed by atoms with Gasteiger partial charge in [-0.2, -0.15) is 0 Å². The molecule has 2 aromatic rings. The molecule has 2 aromatic carbocycles. The van der Waals surface area contributed by atoms with Gasteiger partial charge in [0.2, 0.25) is 0 Å². The third-order valence-electron chi connectivity index (χ3n) is 4.13. The molecule has 0 unspecified atom stereocenters. The molecule has 0 aromatic heterocycles. The standard InChI is InChI=1S/C21H20ClNO4S2/c1-23-20(24)18(29-21(23)28)13-14-7-5-10-17(25-2)19(14)27-12-6-11-26-16-9-4-3-8-15(16)22/h3-5,7-10,13H,6,11-12H2,1-2H3/b18-13-. The number of hydrogen-bond donors (Lipinski definition) is 0. The molecule has 0 N–H and O–H groups in total. The number of methoxy groups -OCH3 is 1. The van der Waals surface area contributed by atoms with E-state index in [-0.39, 0.29) is 5.91 Å². The van der Waals surface area contributed by atoms with Crippen LogP contribution >= 0.6 is 35.6 Å². The van der Waals surface area contributed by atoms with E-state index in [1.54, 1.807) is 26.3 Å². The average molecular weight is 450 g/mol. The van der Waals surface area contributed by atoms with Gasteiger partial charge >= 0.3 is 0 Å². The van der Waals surface area contributed by atoms with Gasteiger partial charge in [0, 0.05) is 19.0 Å². The van der Waals surface area contributed by atoms with E-state index in [4.69, 9.17) is 38.0 Å². The summed E-state index contributed by atoms with van der Waals surface area (Å²) in [5.74, 6) is 1.70.